The molecule has 2 aromatic rings. The second-order valence-electron chi connectivity index (χ2n) is 4.86. The van der Waals surface area contributed by atoms with Crippen LogP contribution in [-0.2, 0) is 4.79 Å². The maximum Gasteiger partial charge on any atom is 0.132 e. The largest absolute Gasteiger partial charge is 0.342 e. The Kier molecular flexibility index (Phi) is 2.97. The fourth-order valence-corrected chi connectivity index (χ4v) is 2.52. The molecule has 0 saturated heterocycles. The number of hydrogen-bond acceptors (Lipinski definition) is 2. The Morgan fingerprint density at radius 1 is 1.11 bits per heavy atom. The van der Waals surface area contributed by atoms with Gasteiger partial charge in [-0.1, -0.05) is 30.3 Å². The van der Waals surface area contributed by atoms with Crippen LogP contribution in [0.1, 0.15) is 37.4 Å². The summed E-state index contributed by atoms with van der Waals surface area (Å²) in [5, 5.41) is 0. The van der Waals surface area contributed by atoms with Crippen molar-refractivity contribution >= 4 is 5.78 Å². The van der Waals surface area contributed by atoms with Crippen molar-refractivity contribution in [2.75, 3.05) is 0 Å². The molecule has 1 N–H and O–H groups in total. The summed E-state index contributed by atoms with van der Waals surface area (Å²) in [7, 11) is 0. The zero-order valence-corrected chi connectivity index (χ0v) is 10.2. The van der Waals surface area contributed by atoms with Gasteiger partial charge in [-0.15, -0.1) is 0 Å². The molecule has 1 fully saturated rings. The fraction of sp³-hybridized carbons (Fsp3) is 0.333. The minimum absolute atomic E-state index is 0.390. The molecule has 18 heavy (non-hydrogen) atoms. The van der Waals surface area contributed by atoms with Gasteiger partial charge in [-0.05, 0) is 18.4 Å². The maximum absolute atomic E-state index is 11.2. The number of nitrogens with zero attached hydrogens (tertiary/aromatic N) is 1. The van der Waals surface area contributed by atoms with Crippen LogP contribution in [0.5, 0.6) is 0 Å². The molecular formula is C15H16N2O. The number of aromatic amines is 1. The van der Waals surface area contributed by atoms with Crippen LogP contribution in [0.15, 0.2) is 36.5 Å². The molecule has 1 saturated carbocycles. The smallest absolute Gasteiger partial charge is 0.132 e. The van der Waals surface area contributed by atoms with E-state index < -0.39 is 0 Å². The highest BCUT2D eigenvalue weighted by atomic mass is 16.1. The predicted molar refractivity (Wildman–Crippen MR) is 70.2 cm³/mol. The van der Waals surface area contributed by atoms with Crippen LogP contribution < -0.4 is 0 Å². The van der Waals surface area contributed by atoms with Crippen LogP contribution in [0, 0.1) is 0 Å². The Labute approximate surface area is 106 Å². The topological polar surface area (TPSA) is 45.8 Å². The van der Waals surface area contributed by atoms with Crippen molar-refractivity contribution < 1.29 is 4.79 Å². The van der Waals surface area contributed by atoms with Gasteiger partial charge in [0.1, 0.15) is 11.6 Å². The first-order valence-electron chi connectivity index (χ1n) is 6.45. The molecule has 0 amide bonds. The van der Waals surface area contributed by atoms with E-state index in [-0.39, 0.29) is 0 Å². The number of carbonyl (C=O) groups is 1. The van der Waals surface area contributed by atoms with Gasteiger partial charge in [0.2, 0.25) is 0 Å². The van der Waals surface area contributed by atoms with E-state index in [2.05, 4.69) is 22.1 Å². The number of Topliss-reactive ketones (excluding diaryl/α,β-unsaturated/α-hetero) is 1. The number of benzene rings is 1. The molecule has 3 nitrogen and oxygen atoms in total. The normalized spacial score (nSPS) is 17.0. The first-order valence-corrected chi connectivity index (χ1v) is 6.45. The third-order valence-electron chi connectivity index (χ3n) is 3.61. The van der Waals surface area contributed by atoms with Crippen molar-refractivity contribution in [2.45, 2.75) is 31.6 Å². The number of ketones is 1. The van der Waals surface area contributed by atoms with Gasteiger partial charge in [0, 0.05) is 18.8 Å². The predicted octanol–water partition coefficient (Wildman–Crippen LogP) is 3.30. The minimum atomic E-state index is 0.390. The van der Waals surface area contributed by atoms with Gasteiger partial charge in [-0.2, -0.15) is 0 Å². The highest BCUT2D eigenvalue weighted by molar-refractivity contribution is 5.79. The molecule has 3 rings (SSSR count). The van der Waals surface area contributed by atoms with Crippen molar-refractivity contribution in [1.29, 1.82) is 0 Å². The van der Waals surface area contributed by atoms with E-state index >= 15 is 0 Å². The molecule has 1 aromatic carbocycles. The zero-order chi connectivity index (χ0) is 12.4. The van der Waals surface area contributed by atoms with E-state index in [1.807, 2.05) is 24.4 Å². The van der Waals surface area contributed by atoms with E-state index in [0.29, 0.717) is 24.5 Å². The lowest BCUT2D eigenvalue weighted by Gasteiger charge is -2.18. The molecule has 0 atom stereocenters. The second-order valence-corrected chi connectivity index (χ2v) is 4.86. The lowest BCUT2D eigenvalue weighted by Crippen LogP contribution is -2.13. The first-order chi connectivity index (χ1) is 8.83. The van der Waals surface area contributed by atoms with E-state index in [9.17, 15) is 4.79 Å². The molecule has 0 unspecified atom stereocenters. The summed E-state index contributed by atoms with van der Waals surface area (Å²) in [6.07, 6.45) is 5.15. The molecule has 92 valence electrons. The van der Waals surface area contributed by atoms with Crippen LogP contribution in [0.2, 0.25) is 0 Å². The lowest BCUT2D eigenvalue weighted by atomic mass is 9.88. The summed E-state index contributed by atoms with van der Waals surface area (Å²) >= 11 is 0. The summed E-state index contributed by atoms with van der Waals surface area (Å²) in [5.41, 5.74) is 2.21. The molecule has 0 radical (unpaired) electrons. The molecule has 3 heteroatoms. The molecular weight excluding hydrogens is 224 g/mol. The van der Waals surface area contributed by atoms with Gasteiger partial charge in [-0.25, -0.2) is 4.98 Å². The first kappa shape index (κ1) is 11.2. The molecule has 0 spiro atoms. The third kappa shape index (κ3) is 2.21. The Bertz CT molecular complexity index is 535. The number of aromatic nitrogens is 2. The summed E-state index contributed by atoms with van der Waals surface area (Å²) in [4.78, 5) is 19.1. The Hall–Kier alpha value is -1.90. The van der Waals surface area contributed by atoms with Crippen LogP contribution >= 0.6 is 0 Å². The average Bonchev–Trinajstić information content (AvgIpc) is 2.90. The third-order valence-corrected chi connectivity index (χ3v) is 3.61. The highest BCUT2D eigenvalue weighted by Crippen LogP contribution is 2.30. The average molecular weight is 240 g/mol. The number of rotatable bonds is 2. The van der Waals surface area contributed by atoms with Gasteiger partial charge in [-0.3, -0.25) is 4.79 Å². The van der Waals surface area contributed by atoms with Crippen molar-refractivity contribution in [3.05, 3.63) is 42.4 Å². The number of nitrogens with one attached hydrogen (secondary N) is 1. The van der Waals surface area contributed by atoms with Crippen LogP contribution in [0.25, 0.3) is 11.3 Å². The van der Waals surface area contributed by atoms with Crippen molar-refractivity contribution in [1.82, 2.24) is 9.97 Å². The van der Waals surface area contributed by atoms with Crippen LogP contribution in [-0.4, -0.2) is 15.8 Å². The molecule has 0 aliphatic heterocycles. The number of H-pyrrole nitrogens is 1. The monoisotopic (exact) mass is 240 g/mol. The van der Waals surface area contributed by atoms with E-state index in [1.54, 1.807) is 0 Å². The molecule has 1 aliphatic carbocycles. The van der Waals surface area contributed by atoms with E-state index in [4.69, 9.17) is 0 Å². The SMILES string of the molecule is O=C1CCC(c2ncc(-c3ccccc3)[nH]2)CC1. The van der Waals surface area contributed by atoms with Gasteiger partial charge in [0.05, 0.1) is 11.9 Å². The van der Waals surface area contributed by atoms with Crippen molar-refractivity contribution in [3.8, 4) is 11.3 Å². The van der Waals surface area contributed by atoms with Gasteiger partial charge in [0.15, 0.2) is 0 Å². The quantitative estimate of drug-likeness (QED) is 0.875. The van der Waals surface area contributed by atoms with E-state index in [0.717, 1.165) is 29.9 Å². The Morgan fingerprint density at radius 3 is 2.56 bits per heavy atom. The summed E-state index contributed by atoms with van der Waals surface area (Å²) < 4.78 is 0. The van der Waals surface area contributed by atoms with Gasteiger partial charge >= 0.3 is 0 Å². The molecule has 1 aromatic heterocycles. The summed E-state index contributed by atoms with van der Waals surface area (Å²) in [6.45, 7) is 0. The summed E-state index contributed by atoms with van der Waals surface area (Å²) in [6, 6.07) is 10.2. The van der Waals surface area contributed by atoms with Gasteiger partial charge < -0.3 is 4.98 Å². The van der Waals surface area contributed by atoms with Crippen molar-refractivity contribution in [3.63, 3.8) is 0 Å². The number of imidazole rings is 1. The minimum Gasteiger partial charge on any atom is -0.342 e. The number of hydrogen-bond donors (Lipinski definition) is 1. The number of carbonyl (C=O) groups excluding carboxylic acids is 1. The molecule has 1 aliphatic rings. The van der Waals surface area contributed by atoms with Crippen LogP contribution in [0.3, 0.4) is 0 Å². The molecule has 0 bridgehead atoms. The second kappa shape index (κ2) is 4.77. The zero-order valence-electron chi connectivity index (χ0n) is 10.2. The van der Waals surface area contributed by atoms with Crippen LogP contribution in [0.4, 0.5) is 0 Å². The fourth-order valence-electron chi connectivity index (χ4n) is 2.52. The maximum atomic E-state index is 11.2. The van der Waals surface area contributed by atoms with Gasteiger partial charge in [0.25, 0.3) is 0 Å². The Morgan fingerprint density at radius 2 is 1.83 bits per heavy atom. The summed E-state index contributed by atoms with van der Waals surface area (Å²) in [5.74, 6) is 1.84. The van der Waals surface area contributed by atoms with Crippen molar-refractivity contribution in [2.24, 2.45) is 0 Å². The lowest BCUT2D eigenvalue weighted by molar-refractivity contribution is -0.120. The standard InChI is InChI=1S/C15H16N2O/c18-13-8-6-12(7-9-13)15-16-10-14(17-15)11-4-2-1-3-5-11/h1-5,10,12H,6-9H2,(H,16,17). The van der Waals surface area contributed by atoms with E-state index in [1.165, 1.54) is 0 Å². The Balaban J connectivity index is 1.80. The highest BCUT2D eigenvalue weighted by Gasteiger charge is 2.22. The molecule has 1 heterocycles.